The largest absolute Gasteiger partial charge is 0.454 e. The van der Waals surface area contributed by atoms with Crippen LogP contribution in [0.3, 0.4) is 0 Å². The van der Waals surface area contributed by atoms with E-state index < -0.39 is 23.4 Å². The minimum Gasteiger partial charge on any atom is -0.454 e. The van der Waals surface area contributed by atoms with Gasteiger partial charge in [-0.25, -0.2) is 4.79 Å². The zero-order valence-electron chi connectivity index (χ0n) is 16.7. The van der Waals surface area contributed by atoms with Gasteiger partial charge < -0.3 is 24.4 Å². The summed E-state index contributed by atoms with van der Waals surface area (Å²) in [4.78, 5) is 36.7. The molecule has 0 spiro atoms. The number of amides is 1. The van der Waals surface area contributed by atoms with E-state index in [1.807, 2.05) is 0 Å². The van der Waals surface area contributed by atoms with Gasteiger partial charge in [0.05, 0.1) is 22.2 Å². The van der Waals surface area contributed by atoms with Crippen LogP contribution in [-0.2, 0) is 9.53 Å². The number of nitrogens with one attached hydrogen (secondary N) is 1. The van der Waals surface area contributed by atoms with Gasteiger partial charge in [-0.3, -0.25) is 14.9 Å². The molecule has 0 fully saturated rings. The summed E-state index contributed by atoms with van der Waals surface area (Å²) < 4.78 is 15.7. The van der Waals surface area contributed by atoms with Crippen molar-refractivity contribution in [3.8, 4) is 11.5 Å². The monoisotopic (exact) mass is 415 g/mol. The molecule has 0 aromatic heterocycles. The highest BCUT2D eigenvalue weighted by atomic mass is 16.7. The van der Waals surface area contributed by atoms with E-state index in [2.05, 4.69) is 5.32 Å². The minimum atomic E-state index is -0.826. The molecule has 0 aliphatic carbocycles. The molecule has 1 aliphatic heterocycles. The summed E-state index contributed by atoms with van der Waals surface area (Å²) in [5.74, 6) is -0.0968. The normalized spacial score (nSPS) is 12.8. The van der Waals surface area contributed by atoms with Crippen LogP contribution in [0.4, 0.5) is 11.4 Å². The first-order chi connectivity index (χ1) is 14.3. The van der Waals surface area contributed by atoms with E-state index in [0.29, 0.717) is 17.2 Å². The molecular weight excluding hydrogens is 394 g/mol. The van der Waals surface area contributed by atoms with Crippen molar-refractivity contribution in [2.75, 3.05) is 32.4 Å². The first-order valence-corrected chi connectivity index (χ1v) is 9.08. The molecule has 0 unspecified atom stereocenters. The summed E-state index contributed by atoms with van der Waals surface area (Å²) in [6.45, 7) is 1.41. The molecule has 0 saturated carbocycles. The Labute approximate surface area is 172 Å². The number of carbonyl (C=O) groups excluding carboxylic acids is 2. The fraction of sp³-hybridized carbons (Fsp3) is 0.300. The molecule has 1 N–H and O–H groups in total. The van der Waals surface area contributed by atoms with Crippen molar-refractivity contribution in [3.05, 3.63) is 57.6 Å². The predicted molar refractivity (Wildman–Crippen MR) is 107 cm³/mol. The Morgan fingerprint density at radius 1 is 1.20 bits per heavy atom. The molecular formula is C20H21N3O7. The average molecular weight is 415 g/mol. The van der Waals surface area contributed by atoms with Gasteiger partial charge >= 0.3 is 5.97 Å². The third kappa shape index (κ3) is 4.59. The standard InChI is InChI=1S/C20H21N3O7/c1-12(13-4-7-17-18(8-13)30-11-29-17)21-19(24)10-28-20(25)15-9-14(23(26)27)5-6-16(15)22(2)3/h4-9,12H,10-11H2,1-3H3,(H,21,24)/t12-/m0/s1. The average Bonchev–Trinajstić information content (AvgIpc) is 3.19. The second kappa shape index (κ2) is 8.68. The van der Waals surface area contributed by atoms with Crippen LogP contribution in [0.5, 0.6) is 11.5 Å². The molecule has 0 radical (unpaired) electrons. The second-order valence-corrected chi connectivity index (χ2v) is 6.83. The van der Waals surface area contributed by atoms with Gasteiger partial charge in [-0.15, -0.1) is 0 Å². The zero-order chi connectivity index (χ0) is 21.8. The molecule has 0 bridgehead atoms. The number of non-ortho nitro benzene ring substituents is 1. The van der Waals surface area contributed by atoms with Crippen molar-refractivity contribution in [2.24, 2.45) is 0 Å². The first-order valence-electron chi connectivity index (χ1n) is 9.08. The lowest BCUT2D eigenvalue weighted by Crippen LogP contribution is -2.31. The molecule has 2 aromatic rings. The number of nitro groups is 1. The van der Waals surface area contributed by atoms with E-state index >= 15 is 0 Å². The van der Waals surface area contributed by atoms with Gasteiger partial charge in [-0.05, 0) is 30.7 Å². The SMILES string of the molecule is C[C@H](NC(=O)COC(=O)c1cc([N+](=O)[O-])ccc1N(C)C)c1ccc2c(c1)OCO2. The summed E-state index contributed by atoms with van der Waals surface area (Å²) >= 11 is 0. The fourth-order valence-corrected chi connectivity index (χ4v) is 2.95. The Hall–Kier alpha value is -3.82. The molecule has 30 heavy (non-hydrogen) atoms. The number of fused-ring (bicyclic) bond motifs is 1. The van der Waals surface area contributed by atoms with Crippen molar-refractivity contribution in [2.45, 2.75) is 13.0 Å². The summed E-state index contributed by atoms with van der Waals surface area (Å²) in [6, 6.07) is 8.85. The number of rotatable bonds is 7. The molecule has 0 saturated heterocycles. The second-order valence-electron chi connectivity index (χ2n) is 6.83. The van der Waals surface area contributed by atoms with Crippen LogP contribution in [0, 0.1) is 10.1 Å². The number of nitro benzene ring substituents is 1. The molecule has 1 amide bonds. The molecule has 158 valence electrons. The molecule has 10 nitrogen and oxygen atoms in total. The van der Waals surface area contributed by atoms with Gasteiger partial charge in [0.15, 0.2) is 18.1 Å². The Morgan fingerprint density at radius 3 is 2.63 bits per heavy atom. The number of carbonyl (C=O) groups is 2. The molecule has 3 rings (SSSR count). The van der Waals surface area contributed by atoms with E-state index in [1.54, 1.807) is 44.1 Å². The zero-order valence-corrected chi connectivity index (χ0v) is 16.7. The van der Waals surface area contributed by atoms with Crippen molar-refractivity contribution >= 4 is 23.3 Å². The van der Waals surface area contributed by atoms with Gasteiger partial charge in [0.1, 0.15) is 0 Å². The lowest BCUT2D eigenvalue weighted by atomic mass is 10.1. The Bertz CT molecular complexity index is 990. The van der Waals surface area contributed by atoms with Crippen LogP contribution in [0.1, 0.15) is 28.9 Å². The van der Waals surface area contributed by atoms with Gasteiger partial charge in [0, 0.05) is 26.2 Å². The Morgan fingerprint density at radius 2 is 1.93 bits per heavy atom. The van der Waals surface area contributed by atoms with Crippen molar-refractivity contribution in [1.29, 1.82) is 0 Å². The molecule has 1 heterocycles. The van der Waals surface area contributed by atoms with E-state index in [9.17, 15) is 19.7 Å². The van der Waals surface area contributed by atoms with Gasteiger partial charge in [0.2, 0.25) is 6.79 Å². The molecule has 1 aliphatic rings. The number of ether oxygens (including phenoxy) is 3. The highest BCUT2D eigenvalue weighted by Crippen LogP contribution is 2.34. The molecule has 2 aromatic carbocycles. The lowest BCUT2D eigenvalue weighted by molar-refractivity contribution is -0.384. The van der Waals surface area contributed by atoms with E-state index in [4.69, 9.17) is 14.2 Å². The number of hydrogen-bond acceptors (Lipinski definition) is 8. The third-order valence-electron chi connectivity index (χ3n) is 4.50. The topological polar surface area (TPSA) is 120 Å². The lowest BCUT2D eigenvalue weighted by Gasteiger charge is -2.17. The maximum Gasteiger partial charge on any atom is 0.341 e. The van der Waals surface area contributed by atoms with Crippen LogP contribution < -0.4 is 19.7 Å². The van der Waals surface area contributed by atoms with Crippen molar-refractivity contribution < 1.29 is 28.7 Å². The van der Waals surface area contributed by atoms with Gasteiger partial charge in [-0.2, -0.15) is 0 Å². The van der Waals surface area contributed by atoms with Gasteiger partial charge in [-0.1, -0.05) is 6.07 Å². The number of hydrogen-bond donors (Lipinski definition) is 1. The van der Waals surface area contributed by atoms with Crippen molar-refractivity contribution in [1.82, 2.24) is 5.32 Å². The Balaban J connectivity index is 1.62. The first kappa shape index (κ1) is 20.9. The number of esters is 1. The Kier molecular flexibility index (Phi) is 6.05. The van der Waals surface area contributed by atoms with E-state index in [0.717, 1.165) is 11.6 Å². The highest BCUT2D eigenvalue weighted by molar-refractivity contribution is 5.97. The predicted octanol–water partition coefficient (Wildman–Crippen LogP) is 2.42. The summed E-state index contributed by atoms with van der Waals surface area (Å²) in [5.41, 5.74) is 1.01. The van der Waals surface area contributed by atoms with Crippen LogP contribution in [0.2, 0.25) is 0 Å². The minimum absolute atomic E-state index is 0.00539. The smallest absolute Gasteiger partial charge is 0.341 e. The number of nitrogens with zero attached hydrogens (tertiary/aromatic N) is 2. The van der Waals surface area contributed by atoms with Crippen LogP contribution in [0.15, 0.2) is 36.4 Å². The van der Waals surface area contributed by atoms with Gasteiger partial charge in [0.25, 0.3) is 11.6 Å². The quantitative estimate of drug-likeness (QED) is 0.416. The molecule has 10 heteroatoms. The van der Waals surface area contributed by atoms with Crippen LogP contribution >= 0.6 is 0 Å². The fourth-order valence-electron chi connectivity index (χ4n) is 2.95. The number of benzene rings is 2. The maximum atomic E-state index is 12.5. The van der Waals surface area contributed by atoms with Crippen LogP contribution in [-0.4, -0.2) is 44.3 Å². The summed E-state index contributed by atoms with van der Waals surface area (Å²) in [7, 11) is 3.38. The summed E-state index contributed by atoms with van der Waals surface area (Å²) in [6.07, 6.45) is 0. The summed E-state index contributed by atoms with van der Waals surface area (Å²) in [5, 5.41) is 13.7. The van der Waals surface area contributed by atoms with Crippen LogP contribution in [0.25, 0.3) is 0 Å². The van der Waals surface area contributed by atoms with E-state index in [-0.39, 0.29) is 24.1 Å². The third-order valence-corrected chi connectivity index (χ3v) is 4.50. The van der Waals surface area contributed by atoms with E-state index in [1.165, 1.54) is 12.1 Å². The molecule has 1 atom stereocenters. The number of anilines is 1. The van der Waals surface area contributed by atoms with Crippen molar-refractivity contribution in [3.63, 3.8) is 0 Å². The highest BCUT2D eigenvalue weighted by Gasteiger charge is 2.21. The maximum absolute atomic E-state index is 12.5.